The number of amides is 2. The zero-order valence-electron chi connectivity index (χ0n) is 26.3. The number of nitrogens with zero attached hydrogens (tertiary/aromatic N) is 4. The van der Waals surface area contributed by atoms with E-state index in [0.29, 0.717) is 55.9 Å². The zero-order valence-corrected chi connectivity index (χ0v) is 27.8. The fourth-order valence-electron chi connectivity index (χ4n) is 6.90. The molecule has 1 aliphatic heterocycles. The van der Waals surface area contributed by atoms with Crippen LogP contribution in [-0.4, -0.2) is 51.8 Å². The highest BCUT2D eigenvalue weighted by molar-refractivity contribution is 6.39. The molecule has 7 rings (SSSR count). The van der Waals surface area contributed by atoms with E-state index in [2.05, 4.69) is 26.0 Å². The van der Waals surface area contributed by atoms with E-state index in [-0.39, 0.29) is 49.9 Å². The number of carbonyl (C=O) groups excluding carboxylic acids is 2. The van der Waals surface area contributed by atoms with Crippen molar-refractivity contribution in [2.75, 3.05) is 23.3 Å². The third-order valence-electron chi connectivity index (χ3n) is 9.80. The van der Waals surface area contributed by atoms with E-state index in [1.807, 2.05) is 17.7 Å². The lowest BCUT2D eigenvalue weighted by molar-refractivity contribution is -0.182. The fourth-order valence-corrected chi connectivity index (χ4v) is 7.44. The van der Waals surface area contributed by atoms with Gasteiger partial charge in [0.2, 0.25) is 5.95 Å². The van der Waals surface area contributed by atoms with Gasteiger partial charge in [-0.15, -0.1) is 0 Å². The van der Waals surface area contributed by atoms with Gasteiger partial charge < -0.3 is 29.9 Å². The van der Waals surface area contributed by atoms with Gasteiger partial charge in [-0.1, -0.05) is 34.4 Å². The summed E-state index contributed by atoms with van der Waals surface area (Å²) in [6.07, 6.45) is -2.45. The lowest BCUT2D eigenvalue weighted by Gasteiger charge is -2.31. The van der Waals surface area contributed by atoms with E-state index in [1.165, 1.54) is 12.5 Å². The van der Waals surface area contributed by atoms with Gasteiger partial charge in [0, 0.05) is 38.8 Å². The average Bonchev–Trinajstić information content (AvgIpc) is 3.32. The Hall–Kier alpha value is -3.97. The van der Waals surface area contributed by atoms with Crippen molar-refractivity contribution in [1.82, 2.24) is 25.3 Å². The summed E-state index contributed by atoms with van der Waals surface area (Å²) in [6.45, 7) is 3.50. The summed E-state index contributed by atoms with van der Waals surface area (Å²) in [5, 5.41) is 13.4. The van der Waals surface area contributed by atoms with Gasteiger partial charge in [0.05, 0.1) is 43.9 Å². The Balaban J connectivity index is 1.14. The zero-order chi connectivity index (χ0) is 33.9. The number of alkyl halides is 3. The molecule has 2 aromatic heterocycles. The van der Waals surface area contributed by atoms with Gasteiger partial charge in [0.1, 0.15) is 5.76 Å². The van der Waals surface area contributed by atoms with Crippen molar-refractivity contribution in [1.29, 1.82) is 0 Å². The normalized spacial score (nSPS) is 22.1. The second kappa shape index (κ2) is 12.5. The number of piperidine rings is 1. The second-order valence-corrected chi connectivity index (χ2v) is 13.9. The Morgan fingerprint density at radius 1 is 1.04 bits per heavy atom. The molecule has 10 nitrogen and oxygen atoms in total. The number of benzene rings is 2. The minimum atomic E-state index is -4.21. The van der Waals surface area contributed by atoms with Crippen molar-refractivity contribution in [3.8, 4) is 0 Å². The number of carbonyl (C=O) groups is 2. The maximum absolute atomic E-state index is 13.7. The van der Waals surface area contributed by atoms with Gasteiger partial charge >= 0.3 is 6.18 Å². The van der Waals surface area contributed by atoms with Crippen LogP contribution in [0.15, 0.2) is 34.9 Å². The van der Waals surface area contributed by atoms with Crippen molar-refractivity contribution < 1.29 is 27.3 Å². The highest BCUT2D eigenvalue weighted by atomic mass is 35.5. The van der Waals surface area contributed by atoms with E-state index in [0.717, 1.165) is 24.3 Å². The Labute approximate surface area is 284 Å². The summed E-state index contributed by atoms with van der Waals surface area (Å²) in [5.41, 5.74) is 3.71. The number of hydrogen-bond acceptors (Lipinski definition) is 7. The summed E-state index contributed by atoms with van der Waals surface area (Å²) in [4.78, 5) is 33.2. The smallest absolute Gasteiger partial charge is 0.370 e. The number of aryl methyl sites for hydroxylation is 2. The standard InChI is InChI=1S/C33H34Cl2F3N7O3/c1-16-9-25(43-48-16)31(47)39-13-17-3-8-23(34)29(28(17)35)42-32-41-24-11-22(30(46)40-21-6-4-20(5-7-21)33(36,37)38)26(12-27(24)44(32)2)45-14-18-10-19(18)15-45/h3,8-9,11-12,18-21H,4-7,10,13-15H2,1-2H3,(H,39,47)(H,40,46)(H,41,42)/t18-,19?,20?,21?/m1/s1. The van der Waals surface area contributed by atoms with Crippen LogP contribution in [0.2, 0.25) is 10.0 Å². The summed E-state index contributed by atoms with van der Waals surface area (Å²) in [7, 11) is 1.84. The van der Waals surface area contributed by atoms with Crippen LogP contribution in [0.5, 0.6) is 0 Å². The lowest BCUT2D eigenvalue weighted by atomic mass is 9.85. The number of hydrogen-bond donors (Lipinski definition) is 3. The maximum Gasteiger partial charge on any atom is 0.391 e. The van der Waals surface area contributed by atoms with Crippen molar-refractivity contribution in [3.63, 3.8) is 0 Å². The van der Waals surface area contributed by atoms with Crippen molar-refractivity contribution >= 4 is 63.4 Å². The summed E-state index contributed by atoms with van der Waals surface area (Å²) in [6, 6.07) is 8.29. The largest absolute Gasteiger partial charge is 0.391 e. The quantitative estimate of drug-likeness (QED) is 0.178. The third-order valence-corrected chi connectivity index (χ3v) is 10.5. The number of anilines is 3. The molecule has 0 radical (unpaired) electrons. The minimum absolute atomic E-state index is 0.00504. The number of halogens is 5. The van der Waals surface area contributed by atoms with Crippen LogP contribution < -0.4 is 20.9 Å². The van der Waals surface area contributed by atoms with Crippen LogP contribution in [0.4, 0.5) is 30.5 Å². The Bertz CT molecular complexity index is 1890. The summed E-state index contributed by atoms with van der Waals surface area (Å²) in [5.74, 6) is 0.110. The third kappa shape index (κ3) is 6.41. The summed E-state index contributed by atoms with van der Waals surface area (Å²) < 4.78 is 46.5. The van der Waals surface area contributed by atoms with Gasteiger partial charge in [-0.2, -0.15) is 13.2 Å². The monoisotopic (exact) mass is 703 g/mol. The molecule has 1 unspecified atom stereocenters. The lowest BCUT2D eigenvalue weighted by Crippen LogP contribution is -2.40. The number of imidazole rings is 1. The molecule has 0 bridgehead atoms. The first-order valence-electron chi connectivity index (χ1n) is 15.9. The Morgan fingerprint density at radius 3 is 2.44 bits per heavy atom. The van der Waals surface area contributed by atoms with Gasteiger partial charge in [-0.3, -0.25) is 9.59 Å². The highest BCUT2D eigenvalue weighted by Crippen LogP contribution is 2.47. The van der Waals surface area contributed by atoms with Crippen LogP contribution >= 0.6 is 23.2 Å². The fraction of sp³-hybridized carbons (Fsp3) is 0.455. The van der Waals surface area contributed by atoms with Crippen LogP contribution in [0.25, 0.3) is 11.0 Å². The van der Waals surface area contributed by atoms with Crippen LogP contribution in [0.1, 0.15) is 64.3 Å². The average molecular weight is 705 g/mol. The molecule has 3 N–H and O–H groups in total. The molecule has 3 aliphatic rings. The maximum atomic E-state index is 13.7. The number of fused-ring (bicyclic) bond motifs is 2. The molecule has 0 spiro atoms. The SMILES string of the molecule is Cc1cc(C(=O)NCc2ccc(Cl)c(Nc3nc4cc(C(=O)NC5CCC(C(F)(F)F)CC5)c(N5CC6C[C@@H]6C5)cc4n3C)c2Cl)no1. The van der Waals surface area contributed by atoms with Gasteiger partial charge in [0.15, 0.2) is 5.69 Å². The van der Waals surface area contributed by atoms with E-state index >= 15 is 0 Å². The van der Waals surface area contributed by atoms with Crippen LogP contribution in [-0.2, 0) is 13.6 Å². The van der Waals surface area contributed by atoms with E-state index < -0.39 is 18.0 Å². The number of nitrogens with one attached hydrogen (secondary N) is 3. The van der Waals surface area contributed by atoms with Crippen molar-refractivity contribution in [2.24, 2.45) is 24.8 Å². The number of rotatable bonds is 8. The molecule has 15 heteroatoms. The topological polar surface area (TPSA) is 117 Å². The molecule has 4 aromatic rings. The van der Waals surface area contributed by atoms with Crippen molar-refractivity contribution in [2.45, 2.75) is 57.8 Å². The van der Waals surface area contributed by atoms with Gasteiger partial charge in [-0.05, 0) is 74.6 Å². The predicted molar refractivity (Wildman–Crippen MR) is 176 cm³/mol. The molecule has 48 heavy (non-hydrogen) atoms. The molecule has 2 amide bonds. The molecule has 254 valence electrons. The number of aromatic nitrogens is 3. The molecule has 2 aliphatic carbocycles. The first kappa shape index (κ1) is 32.6. The summed E-state index contributed by atoms with van der Waals surface area (Å²) >= 11 is 13.4. The molecule has 2 atom stereocenters. The predicted octanol–water partition coefficient (Wildman–Crippen LogP) is 7.16. The highest BCUT2D eigenvalue weighted by Gasteiger charge is 2.46. The molecule has 2 saturated carbocycles. The van der Waals surface area contributed by atoms with Crippen LogP contribution in [0, 0.1) is 24.7 Å². The molecule has 3 fully saturated rings. The molecule has 1 saturated heterocycles. The van der Waals surface area contributed by atoms with Gasteiger partial charge in [-0.25, -0.2) is 4.98 Å². The Kier molecular flexibility index (Phi) is 8.47. The Morgan fingerprint density at radius 2 is 1.77 bits per heavy atom. The first-order valence-corrected chi connectivity index (χ1v) is 16.7. The second-order valence-electron chi connectivity index (χ2n) is 13.1. The van der Waals surface area contributed by atoms with E-state index in [9.17, 15) is 22.8 Å². The van der Waals surface area contributed by atoms with Crippen LogP contribution in [0.3, 0.4) is 0 Å². The molecule has 3 heterocycles. The minimum Gasteiger partial charge on any atom is -0.370 e. The molecular formula is C33H34Cl2F3N7O3. The first-order chi connectivity index (χ1) is 22.9. The molecular weight excluding hydrogens is 670 g/mol. The van der Waals surface area contributed by atoms with Gasteiger partial charge in [0.25, 0.3) is 11.8 Å². The van der Waals surface area contributed by atoms with Crippen molar-refractivity contribution in [3.05, 3.63) is 63.0 Å². The van der Waals surface area contributed by atoms with E-state index in [4.69, 9.17) is 32.7 Å². The van der Waals surface area contributed by atoms with E-state index in [1.54, 1.807) is 25.1 Å². The molecule has 2 aromatic carbocycles.